The zero-order chi connectivity index (χ0) is 19.8. The summed E-state index contributed by atoms with van der Waals surface area (Å²) in [6.45, 7) is 2.64. The zero-order valence-corrected chi connectivity index (χ0v) is 16.7. The summed E-state index contributed by atoms with van der Waals surface area (Å²) in [6, 6.07) is 13.6. The number of fused-ring (bicyclic) bond motifs is 3. The molecule has 6 nitrogen and oxygen atoms in total. The van der Waals surface area contributed by atoms with Crippen molar-refractivity contribution in [1.29, 1.82) is 0 Å². The third-order valence-electron chi connectivity index (χ3n) is 6.49. The lowest BCUT2D eigenvalue weighted by molar-refractivity contribution is 0.252. The van der Waals surface area contributed by atoms with E-state index in [0.717, 1.165) is 22.2 Å². The van der Waals surface area contributed by atoms with Gasteiger partial charge < -0.3 is 15.5 Å². The zero-order valence-electron chi connectivity index (χ0n) is 16.7. The Morgan fingerprint density at radius 3 is 2.79 bits per heavy atom. The minimum Gasteiger partial charge on any atom is -0.366 e. The topological polar surface area (TPSA) is 73.1 Å². The molecule has 0 saturated carbocycles. The number of aromatic nitrogens is 2. The standard InChI is InChI=1S/C23H27N5O/c1-15-12-19(28-17-4-2-5-18(28)11-10-17)9-8-16(15)13-24-23(29)26-21-6-3-7-22-20(21)14-25-27-22/h3,6-9,12,14,17-18H,2,4-5,10-11,13H2,1H3,(H,25,27)(H2,24,26,29)/t17-,18+. The molecule has 0 unspecified atom stereocenters. The lowest BCUT2D eigenvalue weighted by Gasteiger charge is -2.37. The van der Waals surface area contributed by atoms with Gasteiger partial charge in [-0.2, -0.15) is 5.10 Å². The van der Waals surface area contributed by atoms with Crippen molar-refractivity contribution in [2.24, 2.45) is 0 Å². The van der Waals surface area contributed by atoms with E-state index in [1.165, 1.54) is 43.4 Å². The highest BCUT2D eigenvalue weighted by Gasteiger charge is 2.36. The van der Waals surface area contributed by atoms with E-state index < -0.39 is 0 Å². The van der Waals surface area contributed by atoms with Crippen molar-refractivity contribution < 1.29 is 4.79 Å². The smallest absolute Gasteiger partial charge is 0.319 e. The number of benzene rings is 2. The monoisotopic (exact) mass is 389 g/mol. The van der Waals surface area contributed by atoms with E-state index in [0.29, 0.717) is 18.6 Å². The second-order valence-corrected chi connectivity index (χ2v) is 8.28. The van der Waals surface area contributed by atoms with Gasteiger partial charge in [-0.15, -0.1) is 0 Å². The molecule has 2 aliphatic heterocycles. The Morgan fingerprint density at radius 1 is 1.17 bits per heavy atom. The Kier molecular flexibility index (Phi) is 4.62. The molecule has 2 fully saturated rings. The molecule has 2 bridgehead atoms. The van der Waals surface area contributed by atoms with Crippen LogP contribution in [0.1, 0.15) is 43.2 Å². The number of nitrogens with one attached hydrogen (secondary N) is 3. The SMILES string of the molecule is Cc1cc(N2[C@@H]3CCC[C@H]2CC3)ccc1CNC(=O)Nc1cccc2[nH]ncc12. The number of urea groups is 1. The Bertz CT molecular complexity index is 1030. The molecule has 150 valence electrons. The first-order chi connectivity index (χ1) is 14.2. The quantitative estimate of drug-likeness (QED) is 0.605. The molecule has 1 aromatic heterocycles. The van der Waals surface area contributed by atoms with Gasteiger partial charge in [-0.25, -0.2) is 4.79 Å². The highest BCUT2D eigenvalue weighted by molar-refractivity contribution is 6.00. The summed E-state index contributed by atoms with van der Waals surface area (Å²) in [6.07, 6.45) is 8.40. The van der Waals surface area contributed by atoms with Crippen LogP contribution in [0.15, 0.2) is 42.6 Å². The average molecular weight is 390 g/mol. The molecule has 0 spiro atoms. The van der Waals surface area contributed by atoms with Crippen LogP contribution < -0.4 is 15.5 Å². The fourth-order valence-corrected chi connectivity index (χ4v) is 5.00. The number of amides is 2. The maximum Gasteiger partial charge on any atom is 0.319 e. The molecule has 29 heavy (non-hydrogen) atoms. The van der Waals surface area contributed by atoms with E-state index in [-0.39, 0.29) is 6.03 Å². The van der Waals surface area contributed by atoms with Gasteiger partial charge in [-0.05, 0) is 74.4 Å². The molecule has 3 aromatic rings. The lowest BCUT2D eigenvalue weighted by Crippen LogP contribution is -2.39. The number of aromatic amines is 1. The molecule has 5 rings (SSSR count). The molecular formula is C23H27N5O. The highest BCUT2D eigenvalue weighted by atomic mass is 16.2. The van der Waals surface area contributed by atoms with E-state index in [9.17, 15) is 4.79 Å². The van der Waals surface area contributed by atoms with Crippen molar-refractivity contribution >= 4 is 28.3 Å². The molecule has 3 N–H and O–H groups in total. The summed E-state index contributed by atoms with van der Waals surface area (Å²) >= 11 is 0. The van der Waals surface area contributed by atoms with Crippen molar-refractivity contribution in [3.63, 3.8) is 0 Å². The van der Waals surface area contributed by atoms with Crippen LogP contribution in [0.25, 0.3) is 10.9 Å². The van der Waals surface area contributed by atoms with Crippen LogP contribution >= 0.6 is 0 Å². The van der Waals surface area contributed by atoms with Crippen LogP contribution in [0, 0.1) is 6.92 Å². The number of anilines is 2. The number of carbonyl (C=O) groups excluding carboxylic acids is 1. The molecule has 6 heteroatoms. The minimum atomic E-state index is -0.212. The van der Waals surface area contributed by atoms with Crippen molar-refractivity contribution in [2.45, 2.75) is 57.7 Å². The van der Waals surface area contributed by atoms with E-state index in [4.69, 9.17) is 0 Å². The van der Waals surface area contributed by atoms with Crippen LogP contribution in [-0.2, 0) is 6.54 Å². The number of H-pyrrole nitrogens is 1. The number of rotatable bonds is 4. The second kappa shape index (κ2) is 7.43. The highest BCUT2D eigenvalue weighted by Crippen LogP contribution is 2.39. The van der Waals surface area contributed by atoms with E-state index in [1.54, 1.807) is 6.20 Å². The van der Waals surface area contributed by atoms with E-state index in [2.05, 4.69) is 50.9 Å². The summed E-state index contributed by atoms with van der Waals surface area (Å²) in [7, 11) is 0. The van der Waals surface area contributed by atoms with Gasteiger partial charge in [0, 0.05) is 29.7 Å². The molecule has 2 aromatic carbocycles. The Balaban J connectivity index is 1.24. The number of carbonyl (C=O) groups is 1. The molecule has 2 saturated heterocycles. The summed E-state index contributed by atoms with van der Waals surface area (Å²) < 4.78 is 0. The predicted octanol–water partition coefficient (Wildman–Crippen LogP) is 4.71. The van der Waals surface area contributed by atoms with Crippen molar-refractivity contribution in [2.75, 3.05) is 10.2 Å². The molecular weight excluding hydrogens is 362 g/mol. The van der Waals surface area contributed by atoms with Crippen LogP contribution in [0.2, 0.25) is 0 Å². The first-order valence-corrected chi connectivity index (χ1v) is 10.5. The molecule has 0 radical (unpaired) electrons. The first kappa shape index (κ1) is 18.0. The van der Waals surface area contributed by atoms with Crippen LogP contribution in [0.4, 0.5) is 16.2 Å². The number of aryl methyl sites for hydroxylation is 1. The molecule has 2 aliphatic rings. The fourth-order valence-electron chi connectivity index (χ4n) is 5.00. The van der Waals surface area contributed by atoms with Crippen LogP contribution in [-0.4, -0.2) is 28.3 Å². The number of hydrogen-bond acceptors (Lipinski definition) is 3. The Hall–Kier alpha value is -3.02. The maximum absolute atomic E-state index is 12.4. The summed E-state index contributed by atoms with van der Waals surface area (Å²) in [4.78, 5) is 15.1. The summed E-state index contributed by atoms with van der Waals surface area (Å²) in [5.74, 6) is 0. The van der Waals surface area contributed by atoms with Crippen molar-refractivity contribution in [3.05, 3.63) is 53.7 Å². The van der Waals surface area contributed by atoms with Gasteiger partial charge in [0.25, 0.3) is 0 Å². The van der Waals surface area contributed by atoms with Crippen molar-refractivity contribution in [3.8, 4) is 0 Å². The predicted molar refractivity (Wildman–Crippen MR) is 116 cm³/mol. The molecule has 2 atom stereocenters. The molecule has 0 aliphatic carbocycles. The summed E-state index contributed by atoms with van der Waals surface area (Å²) in [5.41, 5.74) is 5.37. The van der Waals surface area contributed by atoms with E-state index in [1.807, 2.05) is 18.2 Å². The van der Waals surface area contributed by atoms with Gasteiger partial charge in [-0.1, -0.05) is 12.1 Å². The number of nitrogens with zero attached hydrogens (tertiary/aromatic N) is 2. The van der Waals surface area contributed by atoms with E-state index >= 15 is 0 Å². The average Bonchev–Trinajstić information content (AvgIpc) is 3.29. The minimum absolute atomic E-state index is 0.212. The van der Waals surface area contributed by atoms with Gasteiger partial charge in [0.1, 0.15) is 0 Å². The van der Waals surface area contributed by atoms with Gasteiger partial charge in [-0.3, -0.25) is 5.10 Å². The van der Waals surface area contributed by atoms with Gasteiger partial charge in [0.15, 0.2) is 0 Å². The fraction of sp³-hybridized carbons (Fsp3) is 0.391. The maximum atomic E-state index is 12.4. The third-order valence-corrected chi connectivity index (χ3v) is 6.49. The van der Waals surface area contributed by atoms with Gasteiger partial charge in [0.05, 0.1) is 17.4 Å². The van der Waals surface area contributed by atoms with Crippen LogP contribution in [0.3, 0.4) is 0 Å². The number of piperidine rings is 1. The summed E-state index contributed by atoms with van der Waals surface area (Å²) in [5, 5.41) is 13.8. The number of hydrogen-bond donors (Lipinski definition) is 3. The largest absolute Gasteiger partial charge is 0.366 e. The van der Waals surface area contributed by atoms with Crippen LogP contribution in [0.5, 0.6) is 0 Å². The van der Waals surface area contributed by atoms with Gasteiger partial charge >= 0.3 is 6.03 Å². The molecule has 3 heterocycles. The van der Waals surface area contributed by atoms with Gasteiger partial charge in [0.2, 0.25) is 0 Å². The van der Waals surface area contributed by atoms with Crippen molar-refractivity contribution in [1.82, 2.24) is 15.5 Å². The Labute approximate surface area is 170 Å². The Morgan fingerprint density at radius 2 is 2.00 bits per heavy atom. The lowest BCUT2D eigenvalue weighted by atomic mass is 10.00. The molecule has 2 amide bonds. The first-order valence-electron chi connectivity index (χ1n) is 10.5. The third kappa shape index (κ3) is 3.43. The normalized spacial score (nSPS) is 20.8. The second-order valence-electron chi connectivity index (χ2n) is 8.28.